The van der Waals surface area contributed by atoms with Gasteiger partial charge in [-0.3, -0.25) is 9.59 Å². The van der Waals surface area contributed by atoms with Crippen molar-refractivity contribution in [3.05, 3.63) is 142 Å². The lowest BCUT2D eigenvalue weighted by molar-refractivity contribution is 0.101. The van der Waals surface area contributed by atoms with Gasteiger partial charge in [-0.2, -0.15) is 0 Å². The van der Waals surface area contributed by atoms with Crippen LogP contribution in [0.25, 0.3) is 0 Å². The van der Waals surface area contributed by atoms with Crippen molar-refractivity contribution in [1.29, 1.82) is 0 Å². The molecule has 0 N–H and O–H groups in total. The molecule has 0 aliphatic carbocycles. The Morgan fingerprint density at radius 3 is 1.61 bits per heavy atom. The number of ketones is 2. The van der Waals surface area contributed by atoms with E-state index in [9.17, 15) is 26.4 Å². The van der Waals surface area contributed by atoms with Crippen LogP contribution in [0.4, 0.5) is 11.4 Å². The molecule has 0 aromatic heterocycles. The van der Waals surface area contributed by atoms with Crippen LogP contribution in [-0.4, -0.2) is 28.4 Å². The summed E-state index contributed by atoms with van der Waals surface area (Å²) in [4.78, 5) is 27.6. The minimum absolute atomic E-state index is 0.00518. The van der Waals surface area contributed by atoms with Crippen molar-refractivity contribution < 1.29 is 26.4 Å². The number of nitrogens with zero attached hydrogens (tertiary/aromatic N) is 2. The van der Waals surface area contributed by atoms with E-state index in [-0.39, 0.29) is 32.3 Å². The molecule has 2 aliphatic heterocycles. The molecule has 0 spiro atoms. The van der Waals surface area contributed by atoms with Crippen molar-refractivity contribution in [2.45, 2.75) is 20.8 Å². The zero-order valence-corrected chi connectivity index (χ0v) is 24.3. The summed E-state index contributed by atoms with van der Waals surface area (Å²) in [5.41, 5.74) is -1.10. The highest BCUT2D eigenvalue weighted by Gasteiger charge is 2.50. The normalized spacial score (nSPS) is 18.3. The summed E-state index contributed by atoms with van der Waals surface area (Å²) in [5.74, 6) is -1.59. The maximum Gasteiger partial charge on any atom is 0.268 e. The van der Waals surface area contributed by atoms with Crippen molar-refractivity contribution in [1.82, 2.24) is 0 Å². The first-order valence-corrected chi connectivity index (χ1v) is 15.5. The quantitative estimate of drug-likeness (QED) is 0.279. The molecule has 0 fully saturated rings. The van der Waals surface area contributed by atoms with Crippen molar-refractivity contribution in [2.75, 3.05) is 8.61 Å². The van der Waals surface area contributed by atoms with E-state index < -0.39 is 43.0 Å². The SMILES string of the molecule is C=C/C=C\C(=C/C)S(=O)(=O)N1/C(=C2\C(=O)c3ccccc3N2S(=O)(=O)C(/C=C\C)=C/C=C\C)C(=O)c2ccccc21. The average Bonchev–Trinajstić information content (AvgIpc) is 3.42. The highest BCUT2D eigenvalue weighted by molar-refractivity contribution is 7.97. The van der Waals surface area contributed by atoms with Gasteiger partial charge in [0.05, 0.1) is 21.2 Å². The van der Waals surface area contributed by atoms with Crippen LogP contribution in [0, 0.1) is 0 Å². The van der Waals surface area contributed by atoms with Crippen LogP contribution < -0.4 is 8.61 Å². The first-order chi connectivity index (χ1) is 19.6. The number of Topliss-reactive ketones (excluding diaryl/α,β-unsaturated/α-hetero) is 2. The van der Waals surface area contributed by atoms with Gasteiger partial charge in [0.15, 0.2) is 0 Å². The lowest BCUT2D eigenvalue weighted by Crippen LogP contribution is -2.37. The van der Waals surface area contributed by atoms with E-state index >= 15 is 0 Å². The van der Waals surface area contributed by atoms with E-state index in [1.807, 2.05) is 0 Å². The van der Waals surface area contributed by atoms with Gasteiger partial charge in [0.1, 0.15) is 11.4 Å². The molecule has 0 bridgehead atoms. The minimum atomic E-state index is -4.53. The highest BCUT2D eigenvalue weighted by atomic mass is 32.2. The molecule has 210 valence electrons. The fraction of sp³-hybridized carbons (Fsp3) is 0.0968. The van der Waals surface area contributed by atoms with Crippen molar-refractivity contribution >= 4 is 43.0 Å². The van der Waals surface area contributed by atoms with Crippen LogP contribution in [0.1, 0.15) is 41.5 Å². The summed E-state index contributed by atoms with van der Waals surface area (Å²) < 4.78 is 58.3. The zero-order chi connectivity index (χ0) is 29.9. The first-order valence-electron chi connectivity index (χ1n) is 12.6. The molecule has 10 heteroatoms. The van der Waals surface area contributed by atoms with Gasteiger partial charge >= 0.3 is 0 Å². The summed E-state index contributed by atoms with van der Waals surface area (Å²) in [7, 11) is -9.04. The van der Waals surface area contributed by atoms with Crippen molar-refractivity contribution in [2.24, 2.45) is 0 Å². The molecule has 2 heterocycles. The van der Waals surface area contributed by atoms with Gasteiger partial charge in [-0.15, -0.1) is 0 Å². The van der Waals surface area contributed by atoms with E-state index in [0.717, 1.165) is 8.61 Å². The Labute approximate surface area is 240 Å². The Morgan fingerprint density at radius 2 is 1.17 bits per heavy atom. The minimum Gasteiger partial charge on any atom is -0.287 e. The molecular weight excluding hydrogens is 560 g/mol. The molecule has 41 heavy (non-hydrogen) atoms. The maximum absolute atomic E-state index is 14.2. The fourth-order valence-corrected chi connectivity index (χ4v) is 7.74. The summed E-state index contributed by atoms with van der Waals surface area (Å²) in [6.45, 7) is 8.45. The van der Waals surface area contributed by atoms with Crippen LogP contribution in [-0.2, 0) is 20.0 Å². The Bertz CT molecular complexity index is 1860. The second-order valence-corrected chi connectivity index (χ2v) is 12.4. The first kappa shape index (κ1) is 29.4. The predicted molar refractivity (Wildman–Crippen MR) is 162 cm³/mol. The van der Waals surface area contributed by atoms with Gasteiger partial charge < -0.3 is 0 Å². The number of anilines is 2. The molecule has 0 radical (unpaired) electrons. The summed E-state index contributed by atoms with van der Waals surface area (Å²) in [6, 6.07) is 12.0. The van der Waals surface area contributed by atoms with Gasteiger partial charge in [0, 0.05) is 11.1 Å². The number of rotatable bonds is 8. The second kappa shape index (κ2) is 11.5. The highest BCUT2D eigenvalue weighted by Crippen LogP contribution is 2.46. The molecule has 4 rings (SSSR count). The fourth-order valence-electron chi connectivity index (χ4n) is 4.56. The largest absolute Gasteiger partial charge is 0.287 e. The Balaban J connectivity index is 2.15. The molecular formula is C31H28N2O6S2. The van der Waals surface area contributed by atoms with Crippen LogP contribution in [0.3, 0.4) is 0 Å². The zero-order valence-electron chi connectivity index (χ0n) is 22.7. The third-order valence-electron chi connectivity index (χ3n) is 6.34. The Kier molecular flexibility index (Phi) is 8.27. The maximum atomic E-state index is 14.2. The van der Waals surface area contributed by atoms with E-state index in [1.165, 1.54) is 79.8 Å². The molecule has 2 aliphatic rings. The van der Waals surface area contributed by atoms with Crippen molar-refractivity contribution in [3.8, 4) is 0 Å². The van der Waals surface area contributed by atoms with Crippen LogP contribution in [0.5, 0.6) is 0 Å². The standard InChI is InChI=1S/C31H28N2O6S2/c1-5-9-16-22(8-4)40(36,37)32-26-20-13-11-18-24(26)30(34)28(32)29-31(35)25-19-12-14-21-27(25)33(29)41(38,39)23(15-7-3)17-10-6-2/h5-21H,1H2,2-4H3/b10-6-,15-7-,16-9-,22-8+,23-17+,29-28+. The summed E-state index contributed by atoms with van der Waals surface area (Å²) in [5, 5.41) is 0. The van der Waals surface area contributed by atoms with Gasteiger partial charge in [-0.05, 0) is 63.3 Å². The lowest BCUT2D eigenvalue weighted by Gasteiger charge is -2.26. The summed E-state index contributed by atoms with van der Waals surface area (Å²) >= 11 is 0. The molecule has 2 aromatic rings. The smallest absolute Gasteiger partial charge is 0.268 e. The summed E-state index contributed by atoms with van der Waals surface area (Å²) in [6.07, 6.45) is 12.9. The van der Waals surface area contributed by atoms with E-state index in [1.54, 1.807) is 44.2 Å². The number of para-hydroxylation sites is 2. The van der Waals surface area contributed by atoms with Gasteiger partial charge in [0.2, 0.25) is 11.6 Å². The number of carbonyl (C=O) groups is 2. The number of benzene rings is 2. The van der Waals surface area contributed by atoms with E-state index in [4.69, 9.17) is 0 Å². The molecule has 0 unspecified atom stereocenters. The molecule has 2 aromatic carbocycles. The molecule has 0 amide bonds. The van der Waals surface area contributed by atoms with E-state index in [0.29, 0.717) is 0 Å². The van der Waals surface area contributed by atoms with E-state index in [2.05, 4.69) is 6.58 Å². The Hall–Kier alpha value is -4.54. The topological polar surface area (TPSA) is 109 Å². The third kappa shape index (κ3) is 4.85. The van der Waals surface area contributed by atoms with Gasteiger partial charge in [0.25, 0.3) is 20.0 Å². The van der Waals surface area contributed by atoms with Gasteiger partial charge in [-0.25, -0.2) is 25.4 Å². The Morgan fingerprint density at radius 1 is 0.683 bits per heavy atom. The van der Waals surface area contributed by atoms with Crippen molar-refractivity contribution in [3.63, 3.8) is 0 Å². The molecule has 8 nitrogen and oxygen atoms in total. The lowest BCUT2D eigenvalue weighted by atomic mass is 10.1. The monoisotopic (exact) mass is 588 g/mol. The number of hydrogen-bond acceptors (Lipinski definition) is 6. The number of fused-ring (bicyclic) bond motifs is 2. The van der Waals surface area contributed by atoms with Crippen LogP contribution in [0.2, 0.25) is 0 Å². The number of hydrogen-bond donors (Lipinski definition) is 0. The molecule has 0 atom stereocenters. The predicted octanol–water partition coefficient (Wildman–Crippen LogP) is 5.95. The van der Waals surface area contributed by atoms with Crippen LogP contribution >= 0.6 is 0 Å². The second-order valence-electron chi connectivity index (χ2n) is 8.81. The van der Waals surface area contributed by atoms with Crippen LogP contribution in [0.15, 0.2) is 131 Å². The third-order valence-corrected chi connectivity index (χ3v) is 9.89. The number of sulfonamides is 2. The molecule has 0 saturated heterocycles. The average molecular weight is 589 g/mol. The van der Waals surface area contributed by atoms with Gasteiger partial charge in [-0.1, -0.05) is 67.3 Å². The number of carbonyl (C=O) groups excluding carboxylic acids is 2. The molecule has 0 saturated carbocycles. The number of allylic oxidation sites excluding steroid dienone is 11.